The van der Waals surface area contributed by atoms with Gasteiger partial charge in [0.1, 0.15) is 5.75 Å². The summed E-state index contributed by atoms with van der Waals surface area (Å²) in [6, 6.07) is 5.95. The van der Waals surface area contributed by atoms with E-state index in [0.717, 1.165) is 36.4 Å². The lowest BCUT2D eigenvalue weighted by molar-refractivity contribution is -0.274. The van der Waals surface area contributed by atoms with Crippen LogP contribution in [0.15, 0.2) is 29.6 Å². The SMILES string of the molecule is O=C(NCC1(c2cccc(OC(F)(F)F)c2)CCC1)c1csnn1. The van der Waals surface area contributed by atoms with E-state index in [4.69, 9.17) is 0 Å². The van der Waals surface area contributed by atoms with Crippen LogP contribution in [0.5, 0.6) is 5.75 Å². The molecule has 3 rings (SSSR count). The van der Waals surface area contributed by atoms with Crippen LogP contribution in [0.1, 0.15) is 35.3 Å². The molecule has 1 saturated carbocycles. The van der Waals surface area contributed by atoms with E-state index in [9.17, 15) is 18.0 Å². The molecule has 0 spiro atoms. The average Bonchev–Trinajstić information content (AvgIpc) is 2.98. The van der Waals surface area contributed by atoms with Crippen LogP contribution in [0.3, 0.4) is 0 Å². The number of hydrogen-bond donors (Lipinski definition) is 1. The smallest absolute Gasteiger partial charge is 0.406 e. The van der Waals surface area contributed by atoms with Crippen molar-refractivity contribution >= 4 is 17.4 Å². The minimum absolute atomic E-state index is 0.239. The molecule has 1 aliphatic rings. The van der Waals surface area contributed by atoms with Crippen molar-refractivity contribution in [3.8, 4) is 5.75 Å². The Bertz CT molecular complexity index is 715. The van der Waals surface area contributed by atoms with Crippen molar-refractivity contribution in [1.29, 1.82) is 0 Å². The fraction of sp³-hybridized carbons (Fsp3) is 0.400. The zero-order chi connectivity index (χ0) is 17.2. The van der Waals surface area contributed by atoms with E-state index in [1.165, 1.54) is 18.2 Å². The molecule has 1 heterocycles. The highest BCUT2D eigenvalue weighted by Crippen LogP contribution is 2.44. The number of carbonyl (C=O) groups excluding carboxylic acids is 1. The average molecular weight is 357 g/mol. The Morgan fingerprint density at radius 3 is 2.75 bits per heavy atom. The molecule has 0 atom stereocenters. The topological polar surface area (TPSA) is 64.1 Å². The first-order valence-electron chi connectivity index (χ1n) is 7.30. The molecule has 1 fully saturated rings. The van der Waals surface area contributed by atoms with Gasteiger partial charge in [0, 0.05) is 17.3 Å². The van der Waals surface area contributed by atoms with Crippen LogP contribution in [-0.2, 0) is 5.41 Å². The molecule has 128 valence electrons. The maximum atomic E-state index is 12.4. The number of nitrogens with one attached hydrogen (secondary N) is 1. The molecular weight excluding hydrogens is 343 g/mol. The minimum Gasteiger partial charge on any atom is -0.406 e. The van der Waals surface area contributed by atoms with E-state index in [0.29, 0.717) is 6.54 Å². The first-order chi connectivity index (χ1) is 11.4. The third-order valence-corrected chi connectivity index (χ3v) is 4.68. The summed E-state index contributed by atoms with van der Waals surface area (Å²) in [4.78, 5) is 12.0. The summed E-state index contributed by atoms with van der Waals surface area (Å²) in [5.74, 6) is -0.584. The van der Waals surface area contributed by atoms with Gasteiger partial charge in [0.25, 0.3) is 5.91 Å². The molecule has 5 nitrogen and oxygen atoms in total. The molecule has 1 amide bonds. The Morgan fingerprint density at radius 2 is 2.17 bits per heavy atom. The Labute approximate surface area is 140 Å². The van der Waals surface area contributed by atoms with Gasteiger partial charge in [0.05, 0.1) is 0 Å². The lowest BCUT2D eigenvalue weighted by atomic mass is 9.64. The second-order valence-corrected chi connectivity index (χ2v) is 6.29. The summed E-state index contributed by atoms with van der Waals surface area (Å²) in [6.45, 7) is 0.332. The highest BCUT2D eigenvalue weighted by atomic mass is 32.1. The Morgan fingerprint density at radius 1 is 1.38 bits per heavy atom. The van der Waals surface area contributed by atoms with Gasteiger partial charge in [-0.2, -0.15) is 0 Å². The number of aromatic nitrogens is 2. The number of carbonyl (C=O) groups is 1. The van der Waals surface area contributed by atoms with Gasteiger partial charge in [0.15, 0.2) is 5.69 Å². The number of alkyl halides is 3. The van der Waals surface area contributed by atoms with E-state index in [1.807, 2.05) is 0 Å². The van der Waals surface area contributed by atoms with Crippen LogP contribution in [0.2, 0.25) is 0 Å². The molecule has 0 radical (unpaired) electrons. The lowest BCUT2D eigenvalue weighted by Gasteiger charge is -2.42. The molecule has 1 aromatic heterocycles. The lowest BCUT2D eigenvalue weighted by Crippen LogP contribution is -2.45. The first kappa shape index (κ1) is 16.7. The van der Waals surface area contributed by atoms with Crippen molar-refractivity contribution < 1.29 is 22.7 Å². The highest BCUT2D eigenvalue weighted by molar-refractivity contribution is 7.03. The second-order valence-electron chi connectivity index (χ2n) is 5.68. The molecule has 0 saturated heterocycles. The quantitative estimate of drug-likeness (QED) is 0.892. The van der Waals surface area contributed by atoms with Crippen molar-refractivity contribution in [3.63, 3.8) is 0 Å². The standard InChI is InChI=1S/C15H14F3N3O2S/c16-15(17,18)23-11-4-1-3-10(7-11)14(5-2-6-14)9-19-13(22)12-8-24-21-20-12/h1,3-4,7-8H,2,5-6,9H2,(H,19,22). The van der Waals surface area contributed by atoms with Crippen LogP contribution in [-0.4, -0.2) is 28.4 Å². The number of rotatable bonds is 5. The number of nitrogens with zero attached hydrogens (tertiary/aromatic N) is 2. The predicted molar refractivity (Wildman–Crippen MR) is 80.9 cm³/mol. The third-order valence-electron chi connectivity index (χ3n) is 4.17. The van der Waals surface area contributed by atoms with Gasteiger partial charge in [-0.1, -0.05) is 23.0 Å². The normalized spacial score (nSPS) is 16.3. The number of hydrogen-bond acceptors (Lipinski definition) is 5. The highest BCUT2D eigenvalue weighted by Gasteiger charge is 2.40. The largest absolute Gasteiger partial charge is 0.573 e. The maximum Gasteiger partial charge on any atom is 0.573 e. The molecule has 1 N–H and O–H groups in total. The number of ether oxygens (including phenoxy) is 1. The van der Waals surface area contributed by atoms with Crippen LogP contribution >= 0.6 is 11.5 Å². The van der Waals surface area contributed by atoms with E-state index in [-0.39, 0.29) is 22.8 Å². The Hall–Kier alpha value is -2.16. The van der Waals surface area contributed by atoms with Gasteiger partial charge in [-0.3, -0.25) is 4.79 Å². The van der Waals surface area contributed by atoms with Gasteiger partial charge in [-0.05, 0) is 42.1 Å². The van der Waals surface area contributed by atoms with Crippen LogP contribution < -0.4 is 10.1 Å². The number of halogens is 3. The summed E-state index contributed by atoms with van der Waals surface area (Å²) in [5.41, 5.74) is 0.597. The molecular formula is C15H14F3N3O2S. The molecule has 1 aliphatic carbocycles. The van der Waals surface area contributed by atoms with Crippen molar-refractivity contribution in [2.24, 2.45) is 0 Å². The van der Waals surface area contributed by atoms with Gasteiger partial charge < -0.3 is 10.1 Å². The van der Waals surface area contributed by atoms with Crippen LogP contribution in [0.4, 0.5) is 13.2 Å². The molecule has 2 aromatic rings. The van der Waals surface area contributed by atoms with E-state index >= 15 is 0 Å². The first-order valence-corrected chi connectivity index (χ1v) is 8.13. The van der Waals surface area contributed by atoms with Crippen LogP contribution in [0, 0.1) is 0 Å². The third kappa shape index (κ3) is 3.66. The van der Waals surface area contributed by atoms with Gasteiger partial charge >= 0.3 is 6.36 Å². The monoisotopic (exact) mass is 357 g/mol. The zero-order valence-electron chi connectivity index (χ0n) is 12.5. The molecule has 0 unspecified atom stereocenters. The van der Waals surface area contributed by atoms with E-state index < -0.39 is 6.36 Å². The summed E-state index contributed by atoms with van der Waals surface area (Å²) in [5, 5.41) is 8.04. The summed E-state index contributed by atoms with van der Waals surface area (Å²) < 4.78 is 44.8. The maximum absolute atomic E-state index is 12.4. The van der Waals surface area contributed by atoms with Gasteiger partial charge in [-0.15, -0.1) is 18.3 Å². The van der Waals surface area contributed by atoms with E-state index in [1.54, 1.807) is 11.4 Å². The van der Waals surface area contributed by atoms with Gasteiger partial charge in [0.2, 0.25) is 0 Å². The molecule has 0 aliphatic heterocycles. The van der Waals surface area contributed by atoms with Crippen LogP contribution in [0.25, 0.3) is 0 Å². The van der Waals surface area contributed by atoms with Crippen molar-refractivity contribution in [3.05, 3.63) is 40.9 Å². The Kier molecular flexibility index (Phi) is 4.44. The van der Waals surface area contributed by atoms with Crippen molar-refractivity contribution in [2.75, 3.05) is 6.54 Å². The minimum atomic E-state index is -4.72. The van der Waals surface area contributed by atoms with Crippen molar-refractivity contribution in [2.45, 2.75) is 31.0 Å². The fourth-order valence-electron chi connectivity index (χ4n) is 2.80. The van der Waals surface area contributed by atoms with Gasteiger partial charge in [-0.25, -0.2) is 0 Å². The fourth-order valence-corrected chi connectivity index (χ4v) is 3.23. The molecule has 9 heteroatoms. The summed E-state index contributed by atoms with van der Waals surface area (Å²) in [7, 11) is 0. The molecule has 0 bridgehead atoms. The molecule has 24 heavy (non-hydrogen) atoms. The summed E-state index contributed by atoms with van der Waals surface area (Å²) >= 11 is 1.08. The zero-order valence-corrected chi connectivity index (χ0v) is 13.3. The molecule has 1 aromatic carbocycles. The van der Waals surface area contributed by atoms with E-state index in [2.05, 4.69) is 19.6 Å². The second kappa shape index (κ2) is 6.39. The summed E-state index contributed by atoms with van der Waals surface area (Å²) in [6.07, 6.45) is -2.19. The predicted octanol–water partition coefficient (Wildman–Crippen LogP) is 3.29. The number of benzene rings is 1. The van der Waals surface area contributed by atoms with Crippen molar-refractivity contribution in [1.82, 2.24) is 14.9 Å². The Balaban J connectivity index is 1.73. The number of amides is 1.